The Morgan fingerprint density at radius 1 is 0.800 bits per heavy atom. The van der Waals surface area contributed by atoms with Crippen molar-refractivity contribution in [2.45, 2.75) is 71.1 Å². The van der Waals surface area contributed by atoms with Gasteiger partial charge in [0.05, 0.1) is 6.61 Å². The number of rotatable bonds is 17. The van der Waals surface area contributed by atoms with E-state index in [-0.39, 0.29) is 0 Å². The van der Waals surface area contributed by atoms with Gasteiger partial charge in [0.1, 0.15) is 6.26 Å². The maximum Gasteiger partial charge on any atom is 0.394 e. The van der Waals surface area contributed by atoms with Gasteiger partial charge in [-0.1, -0.05) is 71.3 Å². The van der Waals surface area contributed by atoms with Crippen molar-refractivity contribution in [3.63, 3.8) is 0 Å². The number of hydrogen-bond donors (Lipinski definition) is 2. The summed E-state index contributed by atoms with van der Waals surface area (Å²) in [5, 5.41) is 16.1. The topological polar surface area (TPSA) is 130 Å². The molecule has 0 bridgehead atoms. The van der Waals surface area contributed by atoms with E-state index in [2.05, 4.69) is 43.4 Å². The van der Waals surface area contributed by atoms with Crippen LogP contribution in [0.2, 0.25) is 0 Å². The molecule has 11 heteroatoms. The highest BCUT2D eigenvalue weighted by Crippen LogP contribution is 2.10. The summed E-state index contributed by atoms with van der Waals surface area (Å²) < 4.78 is 31.6. The second-order valence-electron chi connectivity index (χ2n) is 4.99. The molecule has 0 aromatic carbocycles. The lowest BCUT2D eigenvalue weighted by Crippen LogP contribution is -2.00. The Morgan fingerprint density at radius 2 is 1.24 bits per heavy atom. The Kier molecular flexibility index (Phi) is 22.5. The zero-order chi connectivity index (χ0) is 19.2. The summed E-state index contributed by atoms with van der Waals surface area (Å²) >= 11 is 0. The zero-order valence-corrected chi connectivity index (χ0v) is 15.4. The summed E-state index contributed by atoms with van der Waals surface area (Å²) in [6.45, 7) is 5.90. The van der Waals surface area contributed by atoms with Crippen molar-refractivity contribution < 1.29 is 47.5 Å². The van der Waals surface area contributed by atoms with Crippen molar-refractivity contribution >= 4 is 10.4 Å². The lowest BCUT2D eigenvalue weighted by Gasteiger charge is -2.02. The van der Waals surface area contributed by atoms with Gasteiger partial charge in [0, 0.05) is 10.1 Å². The van der Waals surface area contributed by atoms with E-state index in [9.17, 15) is 0 Å². The fourth-order valence-electron chi connectivity index (χ4n) is 1.77. The number of hydrogen-bond acceptors (Lipinski definition) is 8. The van der Waals surface area contributed by atoms with Gasteiger partial charge in [-0.25, -0.2) is 4.89 Å². The molecule has 0 aromatic heterocycles. The highest BCUT2D eigenvalue weighted by atomic mass is 32.3. The first kappa shape index (κ1) is 26.4. The normalized spacial score (nSPS) is 10.8. The molecule has 0 rings (SSSR count). The molecule has 0 heterocycles. The van der Waals surface area contributed by atoms with Crippen LogP contribution in [0.15, 0.2) is 12.8 Å². The van der Waals surface area contributed by atoms with E-state index in [0.717, 1.165) is 19.1 Å². The fraction of sp³-hybridized carbons (Fsp3) is 0.857. The Hall–Kier alpha value is -0.790. The van der Waals surface area contributed by atoms with Gasteiger partial charge in [0.2, 0.25) is 0 Å². The van der Waals surface area contributed by atoms with Crippen LogP contribution in [0.4, 0.5) is 0 Å². The van der Waals surface area contributed by atoms with Crippen LogP contribution in [0, 0.1) is 0 Å². The highest BCUT2D eigenvalue weighted by molar-refractivity contribution is 7.79. The van der Waals surface area contributed by atoms with Gasteiger partial charge in [-0.15, -0.1) is 0 Å². The Bertz CT molecular complexity index is 353. The Balaban J connectivity index is 0. The SMILES string of the molecule is C=COOOOOOCCCCCCCCCCCC.O=S(=O)(O)O. The zero-order valence-electron chi connectivity index (χ0n) is 14.6. The van der Waals surface area contributed by atoms with E-state index < -0.39 is 10.4 Å². The monoisotopic (exact) mass is 390 g/mol. The third kappa shape index (κ3) is 39.7. The third-order valence-corrected chi connectivity index (χ3v) is 2.82. The largest absolute Gasteiger partial charge is 0.394 e. The summed E-state index contributed by atoms with van der Waals surface area (Å²) in [6.07, 6.45) is 13.7. The molecule has 25 heavy (non-hydrogen) atoms. The molecule has 152 valence electrons. The second-order valence-corrected chi connectivity index (χ2v) is 5.88. The van der Waals surface area contributed by atoms with E-state index in [4.69, 9.17) is 17.5 Å². The summed E-state index contributed by atoms with van der Waals surface area (Å²) in [4.78, 5) is 8.81. The van der Waals surface area contributed by atoms with Gasteiger partial charge in [0.15, 0.2) is 0 Å². The second kappa shape index (κ2) is 21.3. The van der Waals surface area contributed by atoms with Crippen LogP contribution in [0.3, 0.4) is 0 Å². The summed E-state index contributed by atoms with van der Waals surface area (Å²) in [5.74, 6) is 0. The predicted octanol–water partition coefficient (Wildman–Crippen LogP) is 4.07. The molecule has 0 saturated heterocycles. The first-order valence-corrected chi connectivity index (χ1v) is 9.57. The molecule has 0 unspecified atom stereocenters. The van der Waals surface area contributed by atoms with E-state index in [0.29, 0.717) is 6.61 Å². The van der Waals surface area contributed by atoms with Crippen LogP contribution in [0.5, 0.6) is 0 Å². The fourth-order valence-corrected chi connectivity index (χ4v) is 1.77. The van der Waals surface area contributed by atoms with Gasteiger partial charge in [0.25, 0.3) is 0 Å². The highest BCUT2D eigenvalue weighted by Gasteiger charge is 1.95. The molecule has 0 aliphatic rings. The molecule has 0 aliphatic heterocycles. The molecule has 0 fully saturated rings. The minimum Gasteiger partial charge on any atom is -0.315 e. The molecule has 0 aliphatic carbocycles. The summed E-state index contributed by atoms with van der Waals surface area (Å²) in [5.41, 5.74) is 0. The average Bonchev–Trinajstić information content (AvgIpc) is 2.53. The molecule has 0 aromatic rings. The minimum absolute atomic E-state index is 0.447. The van der Waals surface area contributed by atoms with E-state index in [1.807, 2.05) is 0 Å². The quantitative estimate of drug-likeness (QED) is 0.123. The third-order valence-electron chi connectivity index (χ3n) is 2.82. The maximum absolute atomic E-state index is 8.74. The van der Waals surface area contributed by atoms with E-state index in [1.54, 1.807) is 0 Å². The minimum atomic E-state index is -4.67. The molecule has 0 radical (unpaired) electrons. The molecule has 0 spiro atoms. The summed E-state index contributed by atoms with van der Waals surface area (Å²) in [7, 11) is -4.67. The molecule has 0 saturated carbocycles. The van der Waals surface area contributed by atoms with Crippen molar-refractivity contribution in [1.29, 1.82) is 0 Å². The molecular weight excluding hydrogens is 360 g/mol. The first-order chi connectivity index (χ1) is 11.9. The van der Waals surface area contributed by atoms with Gasteiger partial charge in [-0.2, -0.15) is 8.42 Å². The predicted molar refractivity (Wildman–Crippen MR) is 87.6 cm³/mol. The standard InChI is InChI=1S/C14H28O6.H2O4S/c1-3-5-6-7-8-9-10-11-12-13-14-16-18-20-19-17-15-4-2;1-5(2,3)4/h4H,2-3,5-14H2,1H3;(H2,1,2,3,4). The van der Waals surface area contributed by atoms with Crippen molar-refractivity contribution in [2.75, 3.05) is 6.61 Å². The Labute approximate surface area is 149 Å². The van der Waals surface area contributed by atoms with Crippen LogP contribution in [-0.4, -0.2) is 24.1 Å². The first-order valence-electron chi connectivity index (χ1n) is 8.17. The van der Waals surface area contributed by atoms with Crippen LogP contribution in [0.25, 0.3) is 0 Å². The maximum atomic E-state index is 8.74. The number of unbranched alkanes of at least 4 members (excludes halogenated alkanes) is 9. The molecule has 0 amide bonds. The molecule has 10 nitrogen and oxygen atoms in total. The smallest absolute Gasteiger partial charge is 0.315 e. The van der Waals surface area contributed by atoms with Crippen LogP contribution in [0.1, 0.15) is 71.1 Å². The lowest BCUT2D eigenvalue weighted by molar-refractivity contribution is -0.751. The van der Waals surface area contributed by atoms with Gasteiger partial charge >= 0.3 is 10.4 Å². The van der Waals surface area contributed by atoms with Crippen molar-refractivity contribution in [2.24, 2.45) is 0 Å². The van der Waals surface area contributed by atoms with Crippen molar-refractivity contribution in [3.05, 3.63) is 12.8 Å². The van der Waals surface area contributed by atoms with Crippen LogP contribution in [-0.2, 0) is 40.3 Å². The molecular formula is C14H30O10S. The van der Waals surface area contributed by atoms with Crippen molar-refractivity contribution in [1.82, 2.24) is 0 Å². The van der Waals surface area contributed by atoms with Crippen LogP contribution >= 0.6 is 0 Å². The van der Waals surface area contributed by atoms with Crippen molar-refractivity contribution in [3.8, 4) is 0 Å². The van der Waals surface area contributed by atoms with Gasteiger partial charge < -0.3 is 4.89 Å². The molecule has 2 N–H and O–H groups in total. The van der Waals surface area contributed by atoms with Gasteiger partial charge in [-0.05, 0) is 16.5 Å². The molecule has 0 atom stereocenters. The van der Waals surface area contributed by atoms with E-state index >= 15 is 0 Å². The van der Waals surface area contributed by atoms with E-state index in [1.165, 1.54) is 51.4 Å². The average molecular weight is 390 g/mol. The lowest BCUT2D eigenvalue weighted by atomic mass is 10.1. The van der Waals surface area contributed by atoms with Crippen LogP contribution < -0.4 is 0 Å². The summed E-state index contributed by atoms with van der Waals surface area (Å²) in [6, 6.07) is 0. The Morgan fingerprint density at radius 3 is 1.72 bits per heavy atom. The van der Waals surface area contributed by atoms with Gasteiger partial charge in [-0.3, -0.25) is 9.11 Å².